The van der Waals surface area contributed by atoms with E-state index in [0.29, 0.717) is 41.1 Å². The van der Waals surface area contributed by atoms with E-state index in [4.69, 9.17) is 9.15 Å². The van der Waals surface area contributed by atoms with Crippen molar-refractivity contribution >= 4 is 33.8 Å². The highest BCUT2D eigenvalue weighted by Crippen LogP contribution is 2.37. The van der Waals surface area contributed by atoms with Gasteiger partial charge in [-0.2, -0.15) is 13.2 Å². The van der Waals surface area contributed by atoms with Crippen LogP contribution in [-0.2, 0) is 9.53 Å². The first-order valence-corrected chi connectivity index (χ1v) is 13.9. The number of fused-ring (bicyclic) bond motifs is 3. The fourth-order valence-corrected chi connectivity index (χ4v) is 5.25. The Morgan fingerprint density at radius 3 is 2.24 bits per heavy atom. The lowest BCUT2D eigenvalue weighted by atomic mass is 9.97. The van der Waals surface area contributed by atoms with Crippen LogP contribution in [0.25, 0.3) is 21.9 Å². The van der Waals surface area contributed by atoms with E-state index >= 15 is 0 Å². The topological polar surface area (TPSA) is 75.0 Å². The van der Waals surface area contributed by atoms with E-state index in [0.717, 1.165) is 13.1 Å². The lowest BCUT2D eigenvalue weighted by Gasteiger charge is -2.37. The van der Waals surface area contributed by atoms with Crippen molar-refractivity contribution in [2.24, 2.45) is 0 Å². The van der Waals surface area contributed by atoms with Crippen LogP contribution in [0.15, 0.2) is 40.8 Å². The normalized spacial score (nSPS) is 16.9. The number of carbonyl (C=O) groups excluding carboxylic acids is 2. The molecule has 0 radical (unpaired) electrons. The van der Waals surface area contributed by atoms with Crippen LogP contribution in [-0.4, -0.2) is 78.4 Å². The minimum absolute atomic E-state index is 0.0516. The highest BCUT2D eigenvalue weighted by Gasteiger charge is 2.44. The van der Waals surface area contributed by atoms with Gasteiger partial charge in [0.25, 0.3) is 5.91 Å². The first-order valence-electron chi connectivity index (χ1n) is 13.9. The Labute approximate surface area is 236 Å². The van der Waals surface area contributed by atoms with Crippen LogP contribution >= 0.6 is 0 Å². The van der Waals surface area contributed by atoms with Crippen molar-refractivity contribution in [1.29, 1.82) is 0 Å². The Balaban J connectivity index is 1.63. The minimum Gasteiger partial charge on any atom is -0.465 e. The minimum atomic E-state index is -4.80. The molecule has 2 atom stereocenters. The zero-order valence-corrected chi connectivity index (χ0v) is 24.0. The molecule has 3 aromatic rings. The van der Waals surface area contributed by atoms with E-state index in [9.17, 15) is 27.2 Å². The molecule has 1 N–H and O–H groups in total. The van der Waals surface area contributed by atoms with Crippen molar-refractivity contribution in [2.45, 2.75) is 71.0 Å². The molecule has 224 valence electrons. The van der Waals surface area contributed by atoms with Gasteiger partial charge >= 0.3 is 12.1 Å². The quantitative estimate of drug-likeness (QED) is 0.247. The number of hydrogen-bond acceptors (Lipinski definition) is 6. The van der Waals surface area contributed by atoms with E-state index in [-0.39, 0.29) is 23.7 Å². The molecule has 4 rings (SSSR count). The maximum atomic E-state index is 14.4. The van der Waals surface area contributed by atoms with Gasteiger partial charge in [0, 0.05) is 55.0 Å². The Bertz CT molecular complexity index is 1390. The molecule has 1 fully saturated rings. The SMILES string of the molecule is CCOC(=O)C(CC(C)(C)F)NC(c1ccc2c(c1)oc1ccc(C(=O)N3CCN(C(C)C)CC3)cc12)C(F)(F)F. The number of benzene rings is 2. The van der Waals surface area contributed by atoms with Gasteiger partial charge in [-0.25, -0.2) is 4.39 Å². The summed E-state index contributed by atoms with van der Waals surface area (Å²) in [6.07, 6.45) is -5.31. The van der Waals surface area contributed by atoms with Gasteiger partial charge in [0.05, 0.1) is 6.61 Å². The summed E-state index contributed by atoms with van der Waals surface area (Å²) >= 11 is 0. The average molecular weight is 580 g/mol. The van der Waals surface area contributed by atoms with Crippen LogP contribution < -0.4 is 5.32 Å². The third-order valence-corrected chi connectivity index (χ3v) is 7.36. The highest BCUT2D eigenvalue weighted by atomic mass is 19.4. The smallest absolute Gasteiger partial charge is 0.407 e. The predicted octanol–water partition coefficient (Wildman–Crippen LogP) is 6.02. The van der Waals surface area contributed by atoms with Gasteiger partial charge in [-0.3, -0.25) is 19.8 Å². The summed E-state index contributed by atoms with van der Waals surface area (Å²) in [5.41, 5.74) is -1.02. The summed E-state index contributed by atoms with van der Waals surface area (Å²) in [5, 5.41) is 3.45. The number of hydrogen-bond donors (Lipinski definition) is 1. The summed E-state index contributed by atoms with van der Waals surface area (Å²) < 4.78 is 67.9. The van der Waals surface area contributed by atoms with E-state index in [1.54, 1.807) is 23.1 Å². The van der Waals surface area contributed by atoms with Crippen LogP contribution in [0.3, 0.4) is 0 Å². The lowest BCUT2D eigenvalue weighted by Crippen LogP contribution is -2.50. The third-order valence-electron chi connectivity index (χ3n) is 7.36. The van der Waals surface area contributed by atoms with Crippen molar-refractivity contribution in [3.8, 4) is 0 Å². The highest BCUT2D eigenvalue weighted by molar-refractivity contribution is 6.08. The number of furan rings is 1. The van der Waals surface area contributed by atoms with E-state index < -0.39 is 36.3 Å². The average Bonchev–Trinajstić information content (AvgIpc) is 3.26. The van der Waals surface area contributed by atoms with Gasteiger partial charge in [0.1, 0.15) is 28.9 Å². The van der Waals surface area contributed by atoms with Gasteiger partial charge < -0.3 is 14.1 Å². The van der Waals surface area contributed by atoms with Crippen LogP contribution in [0.4, 0.5) is 17.6 Å². The molecule has 2 heterocycles. The first kappa shape index (κ1) is 30.8. The molecular weight excluding hydrogens is 542 g/mol. The number of esters is 1. The van der Waals surface area contributed by atoms with Crippen molar-refractivity contribution in [2.75, 3.05) is 32.8 Å². The Morgan fingerprint density at radius 2 is 1.66 bits per heavy atom. The van der Waals surface area contributed by atoms with Crippen molar-refractivity contribution < 1.29 is 36.3 Å². The Morgan fingerprint density at radius 1 is 0.976 bits per heavy atom. The van der Waals surface area contributed by atoms with Gasteiger partial charge in [0.15, 0.2) is 0 Å². The molecule has 41 heavy (non-hydrogen) atoms. The molecule has 0 saturated carbocycles. The van der Waals surface area contributed by atoms with Crippen LogP contribution in [0.1, 0.15) is 63.0 Å². The summed E-state index contributed by atoms with van der Waals surface area (Å²) in [4.78, 5) is 29.7. The largest absolute Gasteiger partial charge is 0.465 e. The molecule has 1 aliphatic heterocycles. The van der Waals surface area contributed by atoms with Gasteiger partial charge in [-0.05, 0) is 64.4 Å². The molecule has 11 heteroatoms. The summed E-state index contributed by atoms with van der Waals surface area (Å²) in [7, 11) is 0. The van der Waals surface area contributed by atoms with Gasteiger partial charge in [-0.15, -0.1) is 0 Å². The number of nitrogens with zero attached hydrogens (tertiary/aromatic N) is 2. The number of carbonyl (C=O) groups is 2. The number of nitrogens with one attached hydrogen (secondary N) is 1. The number of alkyl halides is 4. The van der Waals surface area contributed by atoms with Crippen LogP contribution in [0.2, 0.25) is 0 Å². The molecule has 1 aromatic heterocycles. The summed E-state index contributed by atoms with van der Waals surface area (Å²) in [5.74, 6) is -1.07. The molecule has 1 aliphatic rings. The molecule has 7 nitrogen and oxygen atoms in total. The van der Waals surface area contributed by atoms with Crippen LogP contribution in [0.5, 0.6) is 0 Å². The number of piperazine rings is 1. The molecule has 0 aliphatic carbocycles. The third kappa shape index (κ3) is 7.19. The summed E-state index contributed by atoms with van der Waals surface area (Å²) in [6, 6.07) is 5.67. The Hall–Kier alpha value is -3.18. The second-order valence-electron chi connectivity index (χ2n) is 11.4. The van der Waals surface area contributed by atoms with E-state index in [2.05, 4.69) is 24.1 Å². The molecule has 0 spiro atoms. The van der Waals surface area contributed by atoms with Crippen molar-refractivity contribution in [3.63, 3.8) is 0 Å². The molecule has 2 aromatic carbocycles. The number of ether oxygens (including phenoxy) is 1. The maximum Gasteiger partial charge on any atom is 0.407 e. The number of halogens is 4. The number of amides is 1. The fraction of sp³-hybridized carbons (Fsp3) is 0.533. The van der Waals surface area contributed by atoms with Gasteiger partial charge in [-0.1, -0.05) is 12.1 Å². The molecule has 2 unspecified atom stereocenters. The zero-order valence-electron chi connectivity index (χ0n) is 24.0. The lowest BCUT2D eigenvalue weighted by molar-refractivity contribution is -0.165. The predicted molar refractivity (Wildman–Crippen MR) is 148 cm³/mol. The standard InChI is InChI=1S/C30H37F4N3O4/c1-6-40-28(39)23(17-29(4,5)31)35-26(30(32,33)34)19-7-9-21-22-15-20(8-10-24(22)41-25(21)16-19)27(38)37-13-11-36(12-14-37)18(2)3/h7-10,15-16,18,23,26,35H,6,11-14,17H2,1-5H3. The number of rotatable bonds is 9. The fourth-order valence-electron chi connectivity index (χ4n) is 5.25. The zero-order chi connectivity index (χ0) is 30.1. The van der Waals surface area contributed by atoms with Crippen LogP contribution in [0, 0.1) is 0 Å². The molecule has 1 amide bonds. The van der Waals surface area contributed by atoms with Gasteiger partial charge in [0.2, 0.25) is 0 Å². The molecule has 0 bridgehead atoms. The summed E-state index contributed by atoms with van der Waals surface area (Å²) in [6.45, 7) is 10.9. The monoisotopic (exact) mass is 579 g/mol. The molecular formula is C30H37F4N3O4. The van der Waals surface area contributed by atoms with Crippen molar-refractivity contribution in [3.05, 3.63) is 47.5 Å². The first-order chi connectivity index (χ1) is 19.2. The van der Waals surface area contributed by atoms with E-state index in [1.807, 2.05) is 0 Å². The second-order valence-corrected chi connectivity index (χ2v) is 11.4. The molecule has 1 saturated heterocycles. The van der Waals surface area contributed by atoms with E-state index in [1.165, 1.54) is 39.0 Å². The second kappa shape index (κ2) is 12.0. The Kier molecular flexibility index (Phi) is 8.98. The van der Waals surface area contributed by atoms with Crippen molar-refractivity contribution in [1.82, 2.24) is 15.1 Å². The maximum absolute atomic E-state index is 14.4.